The van der Waals surface area contributed by atoms with Crippen LogP contribution in [0.3, 0.4) is 0 Å². The van der Waals surface area contributed by atoms with E-state index in [4.69, 9.17) is 4.98 Å². The van der Waals surface area contributed by atoms with Crippen LogP contribution in [0.2, 0.25) is 0 Å². The Balaban J connectivity index is 1.29. The van der Waals surface area contributed by atoms with Crippen LogP contribution in [0, 0.1) is 6.92 Å². The SMILES string of the molecule is Cc1nc(CN2CCN(Cc3csc(-c4ccsc4)n3)CC2)cs1. The number of rotatable bonds is 5. The number of thiophene rings is 1. The summed E-state index contributed by atoms with van der Waals surface area (Å²) in [4.78, 5) is 14.4. The van der Waals surface area contributed by atoms with E-state index in [-0.39, 0.29) is 0 Å². The van der Waals surface area contributed by atoms with Crippen molar-refractivity contribution in [3.8, 4) is 10.6 Å². The number of aryl methyl sites for hydroxylation is 1. The molecule has 4 heterocycles. The molecule has 3 aromatic rings. The van der Waals surface area contributed by atoms with E-state index in [1.165, 1.54) is 17.0 Å². The zero-order chi connectivity index (χ0) is 16.4. The van der Waals surface area contributed by atoms with Crippen molar-refractivity contribution in [2.45, 2.75) is 20.0 Å². The van der Waals surface area contributed by atoms with E-state index in [1.807, 2.05) is 0 Å². The van der Waals surface area contributed by atoms with E-state index in [1.54, 1.807) is 34.0 Å². The van der Waals surface area contributed by atoms with Gasteiger partial charge in [-0.3, -0.25) is 9.80 Å². The van der Waals surface area contributed by atoms with Crippen LogP contribution in [0.15, 0.2) is 27.6 Å². The van der Waals surface area contributed by atoms with Gasteiger partial charge >= 0.3 is 0 Å². The van der Waals surface area contributed by atoms with Crippen LogP contribution in [0.5, 0.6) is 0 Å². The summed E-state index contributed by atoms with van der Waals surface area (Å²) in [5.74, 6) is 0. The minimum absolute atomic E-state index is 0.963. The molecule has 0 spiro atoms. The molecule has 1 fully saturated rings. The highest BCUT2D eigenvalue weighted by Crippen LogP contribution is 2.26. The molecule has 0 radical (unpaired) electrons. The smallest absolute Gasteiger partial charge is 0.124 e. The highest BCUT2D eigenvalue weighted by molar-refractivity contribution is 7.14. The molecule has 3 aromatic heterocycles. The zero-order valence-corrected chi connectivity index (χ0v) is 16.1. The van der Waals surface area contributed by atoms with Crippen molar-refractivity contribution in [1.29, 1.82) is 0 Å². The number of hydrogen-bond donors (Lipinski definition) is 0. The second-order valence-electron chi connectivity index (χ2n) is 6.07. The van der Waals surface area contributed by atoms with Crippen molar-refractivity contribution in [2.24, 2.45) is 0 Å². The molecule has 1 aliphatic heterocycles. The van der Waals surface area contributed by atoms with Crippen molar-refractivity contribution in [2.75, 3.05) is 26.2 Å². The van der Waals surface area contributed by atoms with Gasteiger partial charge in [0.2, 0.25) is 0 Å². The highest BCUT2D eigenvalue weighted by atomic mass is 32.1. The van der Waals surface area contributed by atoms with Crippen molar-refractivity contribution in [3.05, 3.63) is 44.0 Å². The summed E-state index contributed by atoms with van der Waals surface area (Å²) in [6.45, 7) is 8.45. The van der Waals surface area contributed by atoms with Crippen LogP contribution in [-0.4, -0.2) is 45.9 Å². The van der Waals surface area contributed by atoms with Crippen LogP contribution in [0.4, 0.5) is 0 Å². The first-order chi connectivity index (χ1) is 11.8. The summed E-state index contributed by atoms with van der Waals surface area (Å²) in [6, 6.07) is 2.15. The Morgan fingerprint density at radius 1 is 0.917 bits per heavy atom. The fraction of sp³-hybridized carbons (Fsp3) is 0.412. The van der Waals surface area contributed by atoms with E-state index in [9.17, 15) is 0 Å². The lowest BCUT2D eigenvalue weighted by Gasteiger charge is -2.33. The highest BCUT2D eigenvalue weighted by Gasteiger charge is 2.18. The zero-order valence-electron chi connectivity index (χ0n) is 13.6. The number of nitrogens with zero attached hydrogens (tertiary/aromatic N) is 4. The van der Waals surface area contributed by atoms with Crippen LogP contribution >= 0.6 is 34.0 Å². The van der Waals surface area contributed by atoms with Gasteiger partial charge in [-0.25, -0.2) is 9.97 Å². The lowest BCUT2D eigenvalue weighted by molar-refractivity contribution is 0.120. The number of aromatic nitrogens is 2. The molecule has 7 heteroatoms. The average molecular weight is 377 g/mol. The van der Waals surface area contributed by atoms with Gasteiger partial charge in [-0.05, 0) is 18.4 Å². The van der Waals surface area contributed by atoms with Gasteiger partial charge in [-0.1, -0.05) is 0 Å². The van der Waals surface area contributed by atoms with Gasteiger partial charge in [-0.15, -0.1) is 22.7 Å². The summed E-state index contributed by atoms with van der Waals surface area (Å²) in [7, 11) is 0. The van der Waals surface area contributed by atoms with Gasteiger partial charge in [0.05, 0.1) is 16.4 Å². The Labute approximate surface area is 154 Å². The molecule has 0 aromatic carbocycles. The first-order valence-electron chi connectivity index (χ1n) is 8.09. The lowest BCUT2D eigenvalue weighted by Crippen LogP contribution is -2.45. The van der Waals surface area contributed by atoms with Crippen LogP contribution in [-0.2, 0) is 13.1 Å². The molecule has 1 aliphatic rings. The Hall–Kier alpha value is -1.12. The molecule has 1 saturated heterocycles. The Bertz CT molecular complexity index is 769. The van der Waals surface area contributed by atoms with Crippen LogP contribution in [0.25, 0.3) is 10.6 Å². The maximum atomic E-state index is 4.80. The Kier molecular flexibility index (Phi) is 5.05. The predicted octanol–water partition coefficient (Wildman–Crippen LogP) is 3.95. The van der Waals surface area contributed by atoms with Gasteiger partial charge in [0.1, 0.15) is 5.01 Å². The third-order valence-electron chi connectivity index (χ3n) is 4.22. The third kappa shape index (κ3) is 3.92. The first kappa shape index (κ1) is 16.4. The predicted molar refractivity (Wildman–Crippen MR) is 103 cm³/mol. The molecular weight excluding hydrogens is 356 g/mol. The molecule has 126 valence electrons. The topological polar surface area (TPSA) is 32.3 Å². The largest absolute Gasteiger partial charge is 0.295 e. The van der Waals surface area contributed by atoms with Crippen molar-refractivity contribution >= 4 is 34.0 Å². The van der Waals surface area contributed by atoms with E-state index in [0.29, 0.717) is 0 Å². The maximum Gasteiger partial charge on any atom is 0.124 e. The van der Waals surface area contributed by atoms with Crippen molar-refractivity contribution < 1.29 is 0 Å². The Morgan fingerprint density at radius 3 is 2.17 bits per heavy atom. The molecule has 0 N–H and O–H groups in total. The van der Waals surface area contributed by atoms with E-state index in [0.717, 1.165) is 49.3 Å². The summed E-state index contributed by atoms with van der Waals surface area (Å²) in [6.07, 6.45) is 0. The van der Waals surface area contributed by atoms with Crippen molar-refractivity contribution in [1.82, 2.24) is 19.8 Å². The monoisotopic (exact) mass is 376 g/mol. The second kappa shape index (κ2) is 7.41. The fourth-order valence-electron chi connectivity index (χ4n) is 2.94. The number of hydrogen-bond acceptors (Lipinski definition) is 7. The number of thiazole rings is 2. The second-order valence-corrected chi connectivity index (χ2v) is 8.77. The first-order valence-corrected chi connectivity index (χ1v) is 10.8. The normalized spacial score (nSPS) is 16.7. The molecular formula is C17H20N4S3. The summed E-state index contributed by atoms with van der Waals surface area (Å²) in [5.41, 5.74) is 3.66. The summed E-state index contributed by atoms with van der Waals surface area (Å²) in [5, 5.41) is 11.0. The van der Waals surface area contributed by atoms with E-state index < -0.39 is 0 Å². The van der Waals surface area contributed by atoms with E-state index >= 15 is 0 Å². The molecule has 4 rings (SSSR count). The van der Waals surface area contributed by atoms with Gasteiger partial charge in [0.25, 0.3) is 0 Å². The van der Waals surface area contributed by atoms with Gasteiger partial charge in [-0.2, -0.15) is 11.3 Å². The van der Waals surface area contributed by atoms with Crippen LogP contribution < -0.4 is 0 Å². The molecule has 0 aliphatic carbocycles. The van der Waals surface area contributed by atoms with Gasteiger partial charge < -0.3 is 0 Å². The maximum absolute atomic E-state index is 4.80. The van der Waals surface area contributed by atoms with Crippen molar-refractivity contribution in [3.63, 3.8) is 0 Å². The van der Waals surface area contributed by atoms with Gasteiger partial charge in [0.15, 0.2) is 0 Å². The molecule has 0 bridgehead atoms. The van der Waals surface area contributed by atoms with E-state index in [2.05, 4.69) is 49.3 Å². The minimum atomic E-state index is 0.963. The molecule has 24 heavy (non-hydrogen) atoms. The number of piperazine rings is 1. The van der Waals surface area contributed by atoms with Crippen LogP contribution in [0.1, 0.15) is 16.4 Å². The lowest BCUT2D eigenvalue weighted by atomic mass is 10.3. The molecule has 0 atom stereocenters. The van der Waals surface area contributed by atoms with Gasteiger partial charge in [0, 0.05) is 61.0 Å². The quantitative estimate of drug-likeness (QED) is 0.675. The fourth-order valence-corrected chi connectivity index (χ4v) is 5.07. The molecule has 4 nitrogen and oxygen atoms in total. The summed E-state index contributed by atoms with van der Waals surface area (Å²) >= 11 is 5.22. The molecule has 0 saturated carbocycles. The molecule has 0 amide bonds. The Morgan fingerprint density at radius 2 is 1.58 bits per heavy atom. The molecule has 0 unspecified atom stereocenters. The summed E-state index contributed by atoms with van der Waals surface area (Å²) < 4.78 is 0. The average Bonchev–Trinajstić information content (AvgIpc) is 3.31. The minimum Gasteiger partial charge on any atom is -0.295 e. The third-order valence-corrected chi connectivity index (χ3v) is 6.67. The standard InChI is InChI=1S/C17H20N4S3/c1-13-18-15(11-23-13)8-20-3-5-21(6-4-20)9-16-12-24-17(19-16)14-2-7-22-10-14/h2,7,10-12H,3-6,8-9H2,1H3.